The first-order chi connectivity index (χ1) is 9.31. The molecule has 2 aromatic rings. The third kappa shape index (κ3) is 3.80. The fraction of sp³-hybridized carbons (Fsp3) is 0.312. The normalized spacial score (nSPS) is 10.6. The van der Waals surface area contributed by atoms with E-state index in [1.165, 1.54) is 0 Å². The van der Waals surface area contributed by atoms with E-state index in [0.29, 0.717) is 6.61 Å². The van der Waals surface area contributed by atoms with E-state index in [9.17, 15) is 0 Å². The molecule has 0 spiro atoms. The van der Waals surface area contributed by atoms with E-state index in [1.54, 1.807) is 6.20 Å². The Labute approximate surface area is 114 Å². The van der Waals surface area contributed by atoms with Gasteiger partial charge in [-0.15, -0.1) is 0 Å². The lowest BCUT2D eigenvalue weighted by Crippen LogP contribution is -2.20. The molecule has 0 unspecified atom stereocenters. The number of hydrogen-bond donors (Lipinski definition) is 1. The van der Waals surface area contributed by atoms with Gasteiger partial charge < -0.3 is 10.1 Å². The van der Waals surface area contributed by atoms with Crippen LogP contribution in [-0.4, -0.2) is 24.7 Å². The Bertz CT molecular complexity index is 546. The molecule has 0 fully saturated rings. The summed E-state index contributed by atoms with van der Waals surface area (Å²) in [7, 11) is 0. The maximum atomic E-state index is 5.83. The summed E-state index contributed by atoms with van der Waals surface area (Å²) < 4.78 is 5.83. The molecule has 3 heteroatoms. The Morgan fingerprint density at radius 2 is 2.21 bits per heavy atom. The highest BCUT2D eigenvalue weighted by atomic mass is 16.5. The Morgan fingerprint density at radius 3 is 3.05 bits per heavy atom. The molecule has 0 saturated carbocycles. The molecule has 0 aliphatic rings. The van der Waals surface area contributed by atoms with Crippen LogP contribution in [-0.2, 0) is 0 Å². The third-order valence-electron chi connectivity index (χ3n) is 2.84. The summed E-state index contributed by atoms with van der Waals surface area (Å²) in [5, 5.41) is 4.36. The summed E-state index contributed by atoms with van der Waals surface area (Å²) in [5.74, 6) is 0.863. The maximum Gasteiger partial charge on any atom is 0.129 e. The zero-order valence-electron chi connectivity index (χ0n) is 11.4. The van der Waals surface area contributed by atoms with E-state index in [2.05, 4.69) is 23.8 Å². The second kappa shape index (κ2) is 6.90. The van der Waals surface area contributed by atoms with Gasteiger partial charge in [0.15, 0.2) is 0 Å². The van der Waals surface area contributed by atoms with Crippen molar-refractivity contribution in [2.75, 3.05) is 19.7 Å². The van der Waals surface area contributed by atoms with E-state index in [1.807, 2.05) is 30.3 Å². The fourth-order valence-corrected chi connectivity index (χ4v) is 1.87. The van der Waals surface area contributed by atoms with Gasteiger partial charge >= 0.3 is 0 Å². The molecular weight excluding hydrogens is 236 g/mol. The number of nitrogens with zero attached hydrogens (tertiary/aromatic N) is 1. The number of hydrogen-bond acceptors (Lipinski definition) is 3. The van der Waals surface area contributed by atoms with Crippen molar-refractivity contribution in [1.82, 2.24) is 10.3 Å². The lowest BCUT2D eigenvalue weighted by molar-refractivity contribution is 0.352. The van der Waals surface area contributed by atoms with Crippen molar-refractivity contribution < 1.29 is 4.74 Å². The van der Waals surface area contributed by atoms with Gasteiger partial charge in [-0.3, -0.25) is 4.98 Å². The minimum absolute atomic E-state index is 0.532. The molecule has 1 aromatic heterocycles. The number of pyridine rings is 1. The van der Waals surface area contributed by atoms with Crippen LogP contribution in [0.1, 0.15) is 13.3 Å². The molecule has 100 valence electrons. The molecule has 0 atom stereocenters. The predicted molar refractivity (Wildman–Crippen MR) is 79.5 cm³/mol. The van der Waals surface area contributed by atoms with Crippen molar-refractivity contribution in [2.24, 2.45) is 0 Å². The zero-order chi connectivity index (χ0) is 13.5. The van der Waals surface area contributed by atoms with Gasteiger partial charge in [0, 0.05) is 18.1 Å². The largest absolute Gasteiger partial charge is 0.489 e. The Kier molecular flexibility index (Phi) is 4.93. The molecule has 0 radical (unpaired) electrons. The first kappa shape index (κ1) is 13.6. The first-order valence-corrected chi connectivity index (χ1v) is 6.65. The Morgan fingerprint density at radius 1 is 1.32 bits per heavy atom. The van der Waals surface area contributed by atoms with Crippen molar-refractivity contribution >= 4 is 10.9 Å². The molecule has 0 amide bonds. The second-order valence-electron chi connectivity index (χ2n) is 4.54. The number of rotatable bonds is 7. The topological polar surface area (TPSA) is 34.1 Å². The van der Waals surface area contributed by atoms with E-state index in [0.717, 1.165) is 41.7 Å². The monoisotopic (exact) mass is 256 g/mol. The molecule has 1 aromatic carbocycles. The summed E-state index contributed by atoms with van der Waals surface area (Å²) in [6.07, 6.45) is 2.92. The molecule has 0 saturated heterocycles. The molecular formula is C16H20N2O. The number of fused-ring (bicyclic) bond motifs is 1. The highest BCUT2D eigenvalue weighted by molar-refractivity contribution is 5.84. The van der Waals surface area contributed by atoms with Gasteiger partial charge in [-0.1, -0.05) is 19.6 Å². The summed E-state index contributed by atoms with van der Waals surface area (Å²) in [4.78, 5) is 4.31. The van der Waals surface area contributed by atoms with Crippen LogP contribution >= 0.6 is 0 Å². The van der Waals surface area contributed by atoms with Gasteiger partial charge in [0.05, 0.1) is 5.52 Å². The number of benzene rings is 1. The fourth-order valence-electron chi connectivity index (χ4n) is 1.87. The van der Waals surface area contributed by atoms with Gasteiger partial charge in [0.1, 0.15) is 12.4 Å². The van der Waals surface area contributed by atoms with E-state index in [4.69, 9.17) is 4.74 Å². The van der Waals surface area contributed by atoms with Crippen molar-refractivity contribution in [3.05, 3.63) is 48.7 Å². The highest BCUT2D eigenvalue weighted by Gasteiger charge is 2.02. The quantitative estimate of drug-likeness (QED) is 0.610. The summed E-state index contributed by atoms with van der Waals surface area (Å²) in [6.45, 7) is 8.51. The van der Waals surface area contributed by atoms with Crippen LogP contribution < -0.4 is 10.1 Å². The van der Waals surface area contributed by atoms with Crippen LogP contribution in [0.15, 0.2) is 48.7 Å². The van der Waals surface area contributed by atoms with Crippen LogP contribution in [0, 0.1) is 0 Å². The third-order valence-corrected chi connectivity index (χ3v) is 2.84. The predicted octanol–water partition coefficient (Wildman–Crippen LogP) is 3.17. The molecule has 1 heterocycles. The first-order valence-electron chi connectivity index (χ1n) is 6.65. The molecule has 0 aliphatic carbocycles. The lowest BCUT2D eigenvalue weighted by atomic mass is 10.2. The lowest BCUT2D eigenvalue weighted by Gasteiger charge is -2.11. The van der Waals surface area contributed by atoms with Crippen molar-refractivity contribution in [1.29, 1.82) is 0 Å². The Hall–Kier alpha value is -1.87. The molecule has 1 N–H and O–H groups in total. The van der Waals surface area contributed by atoms with E-state index < -0.39 is 0 Å². The van der Waals surface area contributed by atoms with E-state index in [-0.39, 0.29) is 0 Å². The smallest absolute Gasteiger partial charge is 0.129 e. The van der Waals surface area contributed by atoms with Crippen LogP contribution in [0.5, 0.6) is 5.75 Å². The number of ether oxygens (including phenoxy) is 1. The van der Waals surface area contributed by atoms with Gasteiger partial charge in [-0.25, -0.2) is 0 Å². The summed E-state index contributed by atoms with van der Waals surface area (Å²) in [6, 6.07) is 9.86. The van der Waals surface area contributed by atoms with Crippen LogP contribution in [0.4, 0.5) is 0 Å². The van der Waals surface area contributed by atoms with Gasteiger partial charge in [0.25, 0.3) is 0 Å². The Balaban J connectivity index is 1.96. The van der Waals surface area contributed by atoms with E-state index >= 15 is 0 Å². The van der Waals surface area contributed by atoms with Gasteiger partial charge in [0.2, 0.25) is 0 Å². The second-order valence-corrected chi connectivity index (χ2v) is 4.54. The SMILES string of the molecule is C=C(CNCCC)COc1cccc2ncccc12. The minimum Gasteiger partial charge on any atom is -0.489 e. The summed E-state index contributed by atoms with van der Waals surface area (Å²) >= 11 is 0. The standard InChI is InChI=1S/C16H20N2O/c1-3-9-17-11-13(2)12-19-16-8-4-7-15-14(16)6-5-10-18-15/h4-8,10,17H,2-3,9,11-12H2,1H3. The van der Waals surface area contributed by atoms with Crippen LogP contribution in [0.25, 0.3) is 10.9 Å². The molecule has 0 aliphatic heterocycles. The molecule has 19 heavy (non-hydrogen) atoms. The van der Waals surface area contributed by atoms with Crippen molar-refractivity contribution in [2.45, 2.75) is 13.3 Å². The zero-order valence-corrected chi connectivity index (χ0v) is 11.4. The molecule has 3 nitrogen and oxygen atoms in total. The average Bonchev–Trinajstić information content (AvgIpc) is 2.45. The summed E-state index contributed by atoms with van der Waals surface area (Å²) in [5.41, 5.74) is 2.00. The van der Waals surface area contributed by atoms with Crippen LogP contribution in [0.3, 0.4) is 0 Å². The van der Waals surface area contributed by atoms with Gasteiger partial charge in [-0.05, 0) is 42.8 Å². The van der Waals surface area contributed by atoms with Gasteiger partial charge in [-0.2, -0.15) is 0 Å². The van der Waals surface area contributed by atoms with Crippen LogP contribution in [0.2, 0.25) is 0 Å². The van der Waals surface area contributed by atoms with Crippen molar-refractivity contribution in [3.63, 3.8) is 0 Å². The molecule has 2 rings (SSSR count). The molecule has 0 bridgehead atoms. The maximum absolute atomic E-state index is 5.83. The number of aromatic nitrogens is 1. The minimum atomic E-state index is 0.532. The van der Waals surface area contributed by atoms with Crippen molar-refractivity contribution in [3.8, 4) is 5.75 Å². The number of nitrogens with one attached hydrogen (secondary N) is 1. The highest BCUT2D eigenvalue weighted by Crippen LogP contribution is 2.23. The average molecular weight is 256 g/mol.